The van der Waals surface area contributed by atoms with E-state index in [2.05, 4.69) is 9.98 Å². The summed E-state index contributed by atoms with van der Waals surface area (Å²) in [5.41, 5.74) is 3.47. The first-order valence-electron chi connectivity index (χ1n) is 6.00. The van der Waals surface area contributed by atoms with Gasteiger partial charge < -0.3 is 5.11 Å². The van der Waals surface area contributed by atoms with Crippen LogP contribution >= 0.6 is 0 Å². The van der Waals surface area contributed by atoms with E-state index in [0.29, 0.717) is 12.1 Å². The summed E-state index contributed by atoms with van der Waals surface area (Å²) in [5, 5.41) is 9.72. The molecule has 1 aromatic heterocycles. The van der Waals surface area contributed by atoms with Crippen LogP contribution in [0.1, 0.15) is 34.1 Å². The minimum absolute atomic E-state index is 0.0154. The monoisotopic (exact) mass is 252 g/mol. The van der Waals surface area contributed by atoms with E-state index >= 15 is 0 Å². The lowest BCUT2D eigenvalue weighted by molar-refractivity contribution is 0.103. The molecule has 0 fully saturated rings. The number of nitrogens with zero attached hydrogens (tertiary/aromatic N) is 2. The molecule has 19 heavy (non-hydrogen) atoms. The van der Waals surface area contributed by atoms with Crippen molar-refractivity contribution in [2.45, 2.75) is 13.5 Å². The van der Waals surface area contributed by atoms with Gasteiger partial charge in [0.1, 0.15) is 5.75 Å². The maximum atomic E-state index is 12.3. The molecule has 4 nitrogen and oxygen atoms in total. The first kappa shape index (κ1) is 11.6. The Morgan fingerprint density at radius 3 is 2.89 bits per heavy atom. The normalized spacial score (nSPS) is 13.0. The molecule has 4 heteroatoms. The van der Waals surface area contributed by atoms with Gasteiger partial charge in [0.15, 0.2) is 5.78 Å². The maximum absolute atomic E-state index is 12.3. The number of fused-ring (bicyclic) bond motifs is 1. The summed E-state index contributed by atoms with van der Waals surface area (Å²) < 4.78 is 0. The number of ketones is 1. The summed E-state index contributed by atoms with van der Waals surface area (Å²) >= 11 is 0. The van der Waals surface area contributed by atoms with E-state index in [1.807, 2.05) is 6.92 Å². The molecule has 1 N–H and O–H groups in total. The third-order valence-corrected chi connectivity index (χ3v) is 3.24. The van der Waals surface area contributed by atoms with E-state index in [0.717, 1.165) is 17.0 Å². The number of phenols is 1. The van der Waals surface area contributed by atoms with Crippen molar-refractivity contribution in [2.24, 2.45) is 4.99 Å². The number of pyridine rings is 1. The highest BCUT2D eigenvalue weighted by atomic mass is 16.3. The van der Waals surface area contributed by atoms with Gasteiger partial charge in [-0.05, 0) is 25.1 Å². The number of benzene rings is 1. The van der Waals surface area contributed by atoms with E-state index < -0.39 is 0 Å². The molecule has 1 aromatic carbocycles. The quantitative estimate of drug-likeness (QED) is 0.834. The zero-order valence-corrected chi connectivity index (χ0v) is 10.4. The van der Waals surface area contributed by atoms with Crippen molar-refractivity contribution in [1.82, 2.24) is 4.98 Å². The molecule has 0 spiro atoms. The zero-order valence-electron chi connectivity index (χ0n) is 10.4. The highest BCUT2D eigenvalue weighted by Crippen LogP contribution is 2.22. The summed E-state index contributed by atoms with van der Waals surface area (Å²) in [6, 6.07) is 8.31. The molecule has 0 saturated carbocycles. The summed E-state index contributed by atoms with van der Waals surface area (Å²) in [7, 11) is 0. The number of aromatic nitrogens is 1. The SMILES string of the molecule is CC1=NCc2ncc(C(=O)c3ccccc3O)cc21. The number of carbonyl (C=O) groups is 1. The van der Waals surface area contributed by atoms with E-state index in [-0.39, 0.29) is 17.1 Å². The molecule has 0 amide bonds. The van der Waals surface area contributed by atoms with Gasteiger partial charge in [-0.1, -0.05) is 12.1 Å². The van der Waals surface area contributed by atoms with Crippen LogP contribution in [-0.4, -0.2) is 21.6 Å². The van der Waals surface area contributed by atoms with Gasteiger partial charge in [0, 0.05) is 23.0 Å². The van der Waals surface area contributed by atoms with Gasteiger partial charge in [-0.2, -0.15) is 0 Å². The number of aromatic hydroxyl groups is 1. The minimum atomic E-state index is -0.229. The van der Waals surface area contributed by atoms with E-state index in [1.165, 1.54) is 6.07 Å². The van der Waals surface area contributed by atoms with Gasteiger partial charge in [-0.25, -0.2) is 0 Å². The van der Waals surface area contributed by atoms with E-state index in [1.54, 1.807) is 30.5 Å². The Morgan fingerprint density at radius 2 is 2.11 bits per heavy atom. The predicted molar refractivity (Wildman–Crippen MR) is 71.7 cm³/mol. The molecular weight excluding hydrogens is 240 g/mol. The molecule has 2 aromatic rings. The Hall–Kier alpha value is -2.49. The lowest BCUT2D eigenvalue weighted by Gasteiger charge is -2.05. The fraction of sp³-hybridized carbons (Fsp3) is 0.133. The highest BCUT2D eigenvalue weighted by Gasteiger charge is 2.18. The molecule has 94 valence electrons. The van der Waals surface area contributed by atoms with Crippen LogP contribution in [0.4, 0.5) is 0 Å². The first-order valence-corrected chi connectivity index (χ1v) is 6.00. The Morgan fingerprint density at radius 1 is 1.32 bits per heavy atom. The summed E-state index contributed by atoms with van der Waals surface area (Å²) in [6.07, 6.45) is 1.54. The van der Waals surface area contributed by atoms with Crippen LogP contribution in [0, 0.1) is 0 Å². The van der Waals surface area contributed by atoms with Crippen molar-refractivity contribution in [2.75, 3.05) is 0 Å². The third-order valence-electron chi connectivity index (χ3n) is 3.24. The number of carbonyl (C=O) groups excluding carboxylic acids is 1. The van der Waals surface area contributed by atoms with Crippen LogP contribution in [0.25, 0.3) is 0 Å². The second kappa shape index (κ2) is 4.31. The fourth-order valence-electron chi connectivity index (χ4n) is 2.16. The minimum Gasteiger partial charge on any atom is -0.507 e. The average Bonchev–Trinajstić information content (AvgIpc) is 2.80. The Bertz CT molecular complexity index is 705. The lowest BCUT2D eigenvalue weighted by Crippen LogP contribution is -2.05. The van der Waals surface area contributed by atoms with Crippen LogP contribution in [0.2, 0.25) is 0 Å². The van der Waals surface area contributed by atoms with Gasteiger partial charge in [0.2, 0.25) is 0 Å². The molecule has 0 bridgehead atoms. The smallest absolute Gasteiger partial charge is 0.198 e. The molecule has 0 radical (unpaired) electrons. The molecule has 0 atom stereocenters. The first-order chi connectivity index (χ1) is 9.16. The number of rotatable bonds is 2. The number of hydrogen-bond acceptors (Lipinski definition) is 4. The van der Waals surface area contributed by atoms with Crippen LogP contribution in [0.3, 0.4) is 0 Å². The van der Waals surface area contributed by atoms with Crippen molar-refractivity contribution in [3.63, 3.8) is 0 Å². The van der Waals surface area contributed by atoms with Gasteiger partial charge in [0.25, 0.3) is 0 Å². The van der Waals surface area contributed by atoms with Gasteiger partial charge >= 0.3 is 0 Å². The molecule has 1 aliphatic heterocycles. The van der Waals surface area contributed by atoms with Crippen molar-refractivity contribution in [1.29, 1.82) is 0 Å². The number of hydrogen-bond donors (Lipinski definition) is 1. The van der Waals surface area contributed by atoms with Crippen LogP contribution in [0.5, 0.6) is 5.75 Å². The van der Waals surface area contributed by atoms with Crippen LogP contribution in [0.15, 0.2) is 41.5 Å². The summed E-state index contributed by atoms with van der Waals surface area (Å²) in [5.74, 6) is -0.244. The largest absolute Gasteiger partial charge is 0.507 e. The summed E-state index contributed by atoms with van der Waals surface area (Å²) in [6.45, 7) is 2.48. The topological polar surface area (TPSA) is 62.5 Å². The standard InChI is InChI=1S/C15H12N2O2/c1-9-12-6-10(7-17-13(12)8-16-9)15(19)11-4-2-3-5-14(11)18/h2-7,18H,8H2,1H3. The third kappa shape index (κ3) is 1.91. The van der Waals surface area contributed by atoms with Gasteiger partial charge in [-0.3, -0.25) is 14.8 Å². The molecule has 3 rings (SSSR count). The molecule has 0 aliphatic carbocycles. The number of aliphatic imine (C=N–C) groups is 1. The molecular formula is C15H12N2O2. The average molecular weight is 252 g/mol. The zero-order chi connectivity index (χ0) is 13.4. The van der Waals surface area contributed by atoms with Crippen molar-refractivity contribution in [3.8, 4) is 5.75 Å². The summed E-state index contributed by atoms with van der Waals surface area (Å²) in [4.78, 5) is 20.9. The molecule has 0 saturated heterocycles. The van der Waals surface area contributed by atoms with Gasteiger partial charge in [-0.15, -0.1) is 0 Å². The second-order valence-electron chi connectivity index (χ2n) is 4.47. The highest BCUT2D eigenvalue weighted by molar-refractivity contribution is 6.12. The van der Waals surface area contributed by atoms with Gasteiger partial charge in [0.05, 0.1) is 17.8 Å². The Labute approximate surface area is 110 Å². The Balaban J connectivity index is 2.04. The van der Waals surface area contributed by atoms with Crippen LogP contribution in [-0.2, 0) is 6.54 Å². The van der Waals surface area contributed by atoms with E-state index in [9.17, 15) is 9.90 Å². The lowest BCUT2D eigenvalue weighted by atomic mass is 10.0. The number of para-hydroxylation sites is 1. The fourth-order valence-corrected chi connectivity index (χ4v) is 2.16. The molecule has 0 unspecified atom stereocenters. The van der Waals surface area contributed by atoms with Crippen molar-refractivity contribution < 1.29 is 9.90 Å². The Kier molecular flexibility index (Phi) is 2.63. The second-order valence-corrected chi connectivity index (χ2v) is 4.47. The van der Waals surface area contributed by atoms with Crippen molar-refractivity contribution in [3.05, 3.63) is 58.9 Å². The van der Waals surface area contributed by atoms with E-state index in [4.69, 9.17) is 0 Å². The van der Waals surface area contributed by atoms with Crippen molar-refractivity contribution >= 4 is 11.5 Å². The molecule has 2 heterocycles. The number of phenolic OH excluding ortho intramolecular Hbond substituents is 1. The maximum Gasteiger partial charge on any atom is 0.198 e. The molecule has 1 aliphatic rings. The van der Waals surface area contributed by atoms with Crippen LogP contribution < -0.4 is 0 Å². The predicted octanol–water partition coefficient (Wildman–Crippen LogP) is 2.34.